The van der Waals surface area contributed by atoms with Gasteiger partial charge in [-0.3, -0.25) is 4.98 Å². The highest BCUT2D eigenvalue weighted by Crippen LogP contribution is 2.33. The van der Waals surface area contributed by atoms with Crippen LogP contribution in [-0.4, -0.2) is 19.7 Å². The predicted octanol–water partition coefficient (Wildman–Crippen LogP) is 2.71. The zero-order chi connectivity index (χ0) is 14.3. The molecule has 0 spiro atoms. The van der Waals surface area contributed by atoms with E-state index in [1.165, 1.54) is 0 Å². The molecular formula is C14H15N5S. The second kappa shape index (κ2) is 4.79. The highest BCUT2D eigenvalue weighted by Gasteiger charge is 2.11. The molecule has 0 fully saturated rings. The van der Waals surface area contributed by atoms with E-state index >= 15 is 0 Å². The molecule has 0 aliphatic carbocycles. The van der Waals surface area contributed by atoms with Gasteiger partial charge in [-0.15, -0.1) is 10.2 Å². The lowest BCUT2D eigenvalue weighted by atomic mass is 10.2. The zero-order valence-electron chi connectivity index (χ0n) is 11.6. The van der Waals surface area contributed by atoms with Crippen molar-refractivity contribution in [3.8, 4) is 0 Å². The lowest BCUT2D eigenvalue weighted by Crippen LogP contribution is -1.94. The molecule has 0 unspecified atom stereocenters. The van der Waals surface area contributed by atoms with Crippen LogP contribution >= 0.6 is 11.8 Å². The summed E-state index contributed by atoms with van der Waals surface area (Å²) in [5.41, 5.74) is 8.54. The quantitative estimate of drug-likeness (QED) is 0.733. The fourth-order valence-electron chi connectivity index (χ4n) is 2.00. The van der Waals surface area contributed by atoms with Gasteiger partial charge in [0.15, 0.2) is 5.16 Å². The highest BCUT2D eigenvalue weighted by molar-refractivity contribution is 7.99. The Morgan fingerprint density at radius 2 is 1.95 bits per heavy atom. The number of aromatic nitrogens is 4. The number of fused-ring (bicyclic) bond motifs is 1. The number of nitrogen functional groups attached to an aromatic ring is 1. The first-order valence-corrected chi connectivity index (χ1v) is 7.07. The van der Waals surface area contributed by atoms with Crippen molar-refractivity contribution in [3.63, 3.8) is 0 Å². The van der Waals surface area contributed by atoms with E-state index in [0.29, 0.717) is 0 Å². The summed E-state index contributed by atoms with van der Waals surface area (Å²) in [6.07, 6.45) is 0. The fourth-order valence-corrected chi connectivity index (χ4v) is 3.05. The number of aryl methyl sites for hydroxylation is 2. The molecule has 0 atom stereocenters. The minimum atomic E-state index is 0.735. The number of nitrogens with two attached hydrogens (primary N) is 1. The van der Waals surface area contributed by atoms with E-state index in [9.17, 15) is 0 Å². The number of pyridine rings is 1. The summed E-state index contributed by atoms with van der Waals surface area (Å²) >= 11 is 1.58. The Hall–Kier alpha value is -2.08. The van der Waals surface area contributed by atoms with Gasteiger partial charge in [-0.05, 0) is 49.9 Å². The molecule has 0 radical (unpaired) electrons. The maximum absolute atomic E-state index is 5.89. The summed E-state index contributed by atoms with van der Waals surface area (Å²) in [6, 6.07) is 7.82. The molecule has 0 saturated heterocycles. The Balaban J connectivity index is 2.15. The topological polar surface area (TPSA) is 69.6 Å². The summed E-state index contributed by atoms with van der Waals surface area (Å²) < 4.78 is 1.97. The summed E-state index contributed by atoms with van der Waals surface area (Å²) in [5, 5.41) is 10.2. The molecule has 0 saturated carbocycles. The average Bonchev–Trinajstić information content (AvgIpc) is 2.71. The van der Waals surface area contributed by atoms with Crippen molar-refractivity contribution in [2.24, 2.45) is 7.05 Å². The molecule has 3 aromatic rings. The van der Waals surface area contributed by atoms with Gasteiger partial charge < -0.3 is 10.3 Å². The van der Waals surface area contributed by atoms with E-state index in [2.05, 4.69) is 21.2 Å². The van der Waals surface area contributed by atoms with Crippen molar-refractivity contribution in [2.45, 2.75) is 23.9 Å². The number of anilines is 1. The maximum atomic E-state index is 5.89. The van der Waals surface area contributed by atoms with E-state index in [4.69, 9.17) is 5.73 Å². The summed E-state index contributed by atoms with van der Waals surface area (Å²) in [6.45, 7) is 3.92. The molecule has 3 rings (SSSR count). The molecule has 6 heteroatoms. The molecule has 1 aromatic carbocycles. The van der Waals surface area contributed by atoms with Crippen molar-refractivity contribution >= 4 is 28.4 Å². The Kier molecular flexibility index (Phi) is 3.10. The molecule has 2 aromatic heterocycles. The van der Waals surface area contributed by atoms with Crippen LogP contribution in [0.25, 0.3) is 10.9 Å². The molecular weight excluding hydrogens is 270 g/mol. The van der Waals surface area contributed by atoms with E-state index in [-0.39, 0.29) is 0 Å². The summed E-state index contributed by atoms with van der Waals surface area (Å²) in [4.78, 5) is 5.63. The lowest BCUT2D eigenvalue weighted by Gasteiger charge is -2.08. The molecule has 0 aliphatic heterocycles. The first-order chi connectivity index (χ1) is 9.54. The van der Waals surface area contributed by atoms with Crippen LogP contribution in [0.1, 0.15) is 11.5 Å². The molecule has 0 aliphatic rings. The third-order valence-electron chi connectivity index (χ3n) is 3.18. The van der Waals surface area contributed by atoms with E-state index in [0.717, 1.165) is 38.2 Å². The smallest absolute Gasteiger partial charge is 0.195 e. The Morgan fingerprint density at radius 1 is 1.15 bits per heavy atom. The number of hydrogen-bond donors (Lipinski definition) is 1. The number of benzene rings is 1. The van der Waals surface area contributed by atoms with E-state index in [1.54, 1.807) is 11.8 Å². The van der Waals surface area contributed by atoms with Gasteiger partial charge in [0.1, 0.15) is 5.82 Å². The second-order valence-electron chi connectivity index (χ2n) is 4.73. The fraction of sp³-hybridized carbons (Fsp3) is 0.214. The normalized spacial score (nSPS) is 11.2. The molecule has 0 amide bonds. The highest BCUT2D eigenvalue weighted by atomic mass is 32.2. The van der Waals surface area contributed by atoms with Crippen molar-refractivity contribution in [2.75, 3.05) is 5.73 Å². The lowest BCUT2D eigenvalue weighted by molar-refractivity contribution is 0.766. The van der Waals surface area contributed by atoms with Gasteiger partial charge in [0, 0.05) is 28.7 Å². The van der Waals surface area contributed by atoms with Crippen LogP contribution in [-0.2, 0) is 7.05 Å². The minimum absolute atomic E-state index is 0.735. The molecule has 2 heterocycles. The van der Waals surface area contributed by atoms with Crippen LogP contribution in [0.3, 0.4) is 0 Å². The second-order valence-corrected chi connectivity index (χ2v) is 5.74. The standard InChI is InChI=1S/C14H15N5S/c1-8-6-13(20-14-18-17-9(2)19(14)3)11-7-10(15)4-5-12(11)16-8/h4-7H,15H2,1-3H3. The van der Waals surface area contributed by atoms with Crippen molar-refractivity contribution in [1.82, 2.24) is 19.7 Å². The summed E-state index contributed by atoms with van der Waals surface area (Å²) in [5.74, 6) is 0.891. The van der Waals surface area contributed by atoms with Gasteiger partial charge in [-0.25, -0.2) is 0 Å². The van der Waals surface area contributed by atoms with Crippen molar-refractivity contribution in [3.05, 3.63) is 35.8 Å². The van der Waals surface area contributed by atoms with Crippen LogP contribution in [0.4, 0.5) is 5.69 Å². The van der Waals surface area contributed by atoms with Crippen LogP contribution in [0.2, 0.25) is 0 Å². The molecule has 102 valence electrons. The Bertz CT molecular complexity index is 794. The average molecular weight is 285 g/mol. The zero-order valence-corrected chi connectivity index (χ0v) is 12.4. The van der Waals surface area contributed by atoms with Crippen LogP contribution < -0.4 is 5.73 Å². The van der Waals surface area contributed by atoms with Gasteiger partial charge in [0.2, 0.25) is 0 Å². The maximum Gasteiger partial charge on any atom is 0.195 e. The minimum Gasteiger partial charge on any atom is -0.399 e. The number of hydrogen-bond acceptors (Lipinski definition) is 5. The van der Waals surface area contributed by atoms with Crippen molar-refractivity contribution < 1.29 is 0 Å². The Morgan fingerprint density at radius 3 is 2.65 bits per heavy atom. The van der Waals surface area contributed by atoms with E-state index in [1.807, 2.05) is 43.7 Å². The van der Waals surface area contributed by atoms with Crippen LogP contribution in [0.5, 0.6) is 0 Å². The van der Waals surface area contributed by atoms with Crippen LogP contribution in [0, 0.1) is 13.8 Å². The van der Waals surface area contributed by atoms with E-state index < -0.39 is 0 Å². The SMILES string of the molecule is Cc1cc(Sc2nnc(C)n2C)c2cc(N)ccc2n1. The van der Waals surface area contributed by atoms with Gasteiger partial charge >= 0.3 is 0 Å². The van der Waals surface area contributed by atoms with Gasteiger partial charge in [-0.1, -0.05) is 0 Å². The van der Waals surface area contributed by atoms with Crippen molar-refractivity contribution in [1.29, 1.82) is 0 Å². The van der Waals surface area contributed by atoms with Crippen LogP contribution in [0.15, 0.2) is 34.3 Å². The third-order valence-corrected chi connectivity index (χ3v) is 4.27. The molecule has 2 N–H and O–H groups in total. The van der Waals surface area contributed by atoms with Gasteiger partial charge in [-0.2, -0.15) is 0 Å². The van der Waals surface area contributed by atoms with Gasteiger partial charge in [0.05, 0.1) is 5.52 Å². The largest absolute Gasteiger partial charge is 0.399 e. The summed E-state index contributed by atoms with van der Waals surface area (Å²) in [7, 11) is 1.96. The predicted molar refractivity (Wildman–Crippen MR) is 80.8 cm³/mol. The molecule has 0 bridgehead atoms. The number of rotatable bonds is 2. The molecule has 5 nitrogen and oxygen atoms in total. The Labute approximate surface area is 121 Å². The van der Waals surface area contributed by atoms with Gasteiger partial charge in [0.25, 0.3) is 0 Å². The first-order valence-electron chi connectivity index (χ1n) is 6.25. The number of nitrogens with zero attached hydrogens (tertiary/aromatic N) is 4. The molecule has 20 heavy (non-hydrogen) atoms. The third kappa shape index (κ3) is 2.22. The monoisotopic (exact) mass is 285 g/mol. The first kappa shape index (κ1) is 12.9.